The van der Waals surface area contributed by atoms with E-state index in [1.807, 2.05) is 13.0 Å². The molecule has 1 unspecified atom stereocenters. The van der Waals surface area contributed by atoms with Crippen LogP contribution in [-0.4, -0.2) is 16.9 Å². The molecule has 0 saturated carbocycles. The molecule has 0 saturated heterocycles. The minimum atomic E-state index is -0.251. The number of phenols is 1. The number of benzene rings is 1. The van der Waals surface area contributed by atoms with Crippen molar-refractivity contribution in [1.29, 1.82) is 0 Å². The average Bonchev–Trinajstić information content (AvgIpc) is 2.74. The van der Waals surface area contributed by atoms with Crippen LogP contribution >= 0.6 is 11.6 Å². The molecule has 1 aliphatic rings. The number of aromatic hydroxyl groups is 1. The van der Waals surface area contributed by atoms with E-state index in [1.165, 1.54) is 0 Å². The zero-order valence-electron chi connectivity index (χ0n) is 10.3. The maximum Gasteiger partial charge on any atom is 0.235 e. The van der Waals surface area contributed by atoms with Gasteiger partial charge in [0.2, 0.25) is 5.91 Å². The number of rotatable bonds is 3. The molecule has 1 aliphatic carbocycles. The van der Waals surface area contributed by atoms with Crippen molar-refractivity contribution in [2.75, 3.05) is 5.88 Å². The molecule has 0 radical (unpaired) electrons. The lowest BCUT2D eigenvalue weighted by atomic mass is 9.98. The van der Waals surface area contributed by atoms with Gasteiger partial charge in [-0.25, -0.2) is 0 Å². The first kappa shape index (κ1) is 13.2. The first-order valence-corrected chi connectivity index (χ1v) is 6.50. The fourth-order valence-electron chi connectivity index (χ4n) is 2.50. The summed E-state index contributed by atoms with van der Waals surface area (Å²) in [6, 6.07) is 1.79. The number of fused-ring (bicyclic) bond motifs is 1. The van der Waals surface area contributed by atoms with Crippen molar-refractivity contribution in [3.63, 3.8) is 0 Å². The minimum Gasteiger partial charge on any atom is -0.507 e. The molecule has 0 aromatic heterocycles. The van der Waals surface area contributed by atoms with Crippen LogP contribution < -0.4 is 11.1 Å². The van der Waals surface area contributed by atoms with Gasteiger partial charge < -0.3 is 16.2 Å². The van der Waals surface area contributed by atoms with Crippen LogP contribution in [0.15, 0.2) is 6.07 Å². The van der Waals surface area contributed by atoms with E-state index in [1.54, 1.807) is 0 Å². The van der Waals surface area contributed by atoms with Crippen LogP contribution in [0.5, 0.6) is 5.75 Å². The van der Waals surface area contributed by atoms with E-state index in [0.29, 0.717) is 5.56 Å². The van der Waals surface area contributed by atoms with Crippen molar-refractivity contribution in [3.05, 3.63) is 28.3 Å². The van der Waals surface area contributed by atoms with Gasteiger partial charge >= 0.3 is 0 Å². The summed E-state index contributed by atoms with van der Waals surface area (Å²) in [6.45, 7) is 2.28. The second-order valence-electron chi connectivity index (χ2n) is 4.65. The van der Waals surface area contributed by atoms with Crippen molar-refractivity contribution in [3.8, 4) is 5.75 Å². The first-order valence-electron chi connectivity index (χ1n) is 5.97. The number of amides is 1. The molecular formula is C13H17ClN2O2. The summed E-state index contributed by atoms with van der Waals surface area (Å²) in [6.07, 6.45) is 1.77. The third-order valence-corrected chi connectivity index (χ3v) is 3.67. The Labute approximate surface area is 111 Å². The van der Waals surface area contributed by atoms with Crippen LogP contribution in [0, 0.1) is 6.92 Å². The van der Waals surface area contributed by atoms with Gasteiger partial charge in [0.1, 0.15) is 11.6 Å². The van der Waals surface area contributed by atoms with Gasteiger partial charge in [0.15, 0.2) is 0 Å². The highest BCUT2D eigenvalue weighted by Gasteiger charge is 2.26. The quantitative estimate of drug-likeness (QED) is 0.727. The van der Waals surface area contributed by atoms with E-state index >= 15 is 0 Å². The van der Waals surface area contributed by atoms with E-state index in [9.17, 15) is 9.90 Å². The number of phenolic OH excluding ortho intramolecular Hbond substituents is 1. The third-order valence-electron chi connectivity index (χ3n) is 3.42. The van der Waals surface area contributed by atoms with E-state index in [-0.39, 0.29) is 30.1 Å². The zero-order valence-corrected chi connectivity index (χ0v) is 11.0. The van der Waals surface area contributed by atoms with Gasteiger partial charge in [0.25, 0.3) is 0 Å². The summed E-state index contributed by atoms with van der Waals surface area (Å²) in [5.41, 5.74) is 9.80. The molecule has 1 aromatic rings. The highest BCUT2D eigenvalue weighted by molar-refractivity contribution is 6.27. The predicted molar refractivity (Wildman–Crippen MR) is 70.7 cm³/mol. The lowest BCUT2D eigenvalue weighted by Gasteiger charge is -2.15. The standard InChI is InChI=1S/C13H17ClN2O2/c1-7-4-8(6-16-11(17)5-14)13(18)12-9(7)2-3-10(12)15/h4,10,18H,2-3,5-6,15H2,1H3,(H,16,17). The highest BCUT2D eigenvalue weighted by Crippen LogP contribution is 2.40. The number of hydrogen-bond acceptors (Lipinski definition) is 3. The SMILES string of the molecule is Cc1cc(CNC(=O)CCl)c(O)c2c1CCC2N. The van der Waals surface area contributed by atoms with Crippen molar-refractivity contribution in [1.82, 2.24) is 5.32 Å². The van der Waals surface area contributed by atoms with Gasteiger partial charge in [-0.15, -0.1) is 11.6 Å². The number of halogens is 1. The molecule has 5 heteroatoms. The molecule has 18 heavy (non-hydrogen) atoms. The molecule has 0 spiro atoms. The molecule has 0 fully saturated rings. The van der Waals surface area contributed by atoms with Crippen molar-refractivity contribution < 1.29 is 9.90 Å². The molecule has 0 aliphatic heterocycles. The molecule has 0 bridgehead atoms. The Hall–Kier alpha value is -1.26. The monoisotopic (exact) mass is 268 g/mol. The molecular weight excluding hydrogens is 252 g/mol. The van der Waals surface area contributed by atoms with Crippen LogP contribution in [0.3, 0.4) is 0 Å². The number of hydrogen-bond donors (Lipinski definition) is 3. The topological polar surface area (TPSA) is 75.3 Å². The average molecular weight is 269 g/mol. The van der Waals surface area contributed by atoms with E-state index in [2.05, 4.69) is 5.32 Å². The summed E-state index contributed by atoms with van der Waals surface area (Å²) in [7, 11) is 0. The fraction of sp³-hybridized carbons (Fsp3) is 0.462. The number of aryl methyl sites for hydroxylation is 1. The van der Waals surface area contributed by atoms with Gasteiger partial charge in [0.05, 0.1) is 0 Å². The second kappa shape index (κ2) is 5.16. The Bertz CT molecular complexity index is 488. The van der Waals surface area contributed by atoms with Crippen LogP contribution in [0.25, 0.3) is 0 Å². The van der Waals surface area contributed by atoms with Gasteiger partial charge in [-0.05, 0) is 30.9 Å². The van der Waals surface area contributed by atoms with Gasteiger partial charge in [-0.2, -0.15) is 0 Å². The van der Waals surface area contributed by atoms with Crippen molar-refractivity contribution >= 4 is 17.5 Å². The highest BCUT2D eigenvalue weighted by atomic mass is 35.5. The Kier molecular flexibility index (Phi) is 3.78. The summed E-state index contributed by atoms with van der Waals surface area (Å²) < 4.78 is 0. The number of nitrogens with two attached hydrogens (primary N) is 1. The second-order valence-corrected chi connectivity index (χ2v) is 4.92. The Morgan fingerprint density at radius 2 is 2.39 bits per heavy atom. The minimum absolute atomic E-state index is 0.0792. The Morgan fingerprint density at radius 3 is 3.06 bits per heavy atom. The number of carbonyl (C=O) groups is 1. The molecule has 98 valence electrons. The van der Waals surface area contributed by atoms with Crippen LogP contribution in [0.2, 0.25) is 0 Å². The van der Waals surface area contributed by atoms with Crippen LogP contribution in [0.4, 0.5) is 0 Å². The Morgan fingerprint density at radius 1 is 1.67 bits per heavy atom. The van der Waals surface area contributed by atoms with E-state index < -0.39 is 0 Å². The fourth-order valence-corrected chi connectivity index (χ4v) is 2.59. The lowest BCUT2D eigenvalue weighted by Crippen LogP contribution is -2.24. The molecule has 0 heterocycles. The summed E-state index contributed by atoms with van der Waals surface area (Å²) >= 11 is 5.41. The molecule has 1 aromatic carbocycles. The van der Waals surface area contributed by atoms with E-state index in [4.69, 9.17) is 17.3 Å². The number of alkyl halides is 1. The van der Waals surface area contributed by atoms with Crippen LogP contribution in [0.1, 0.15) is 34.7 Å². The van der Waals surface area contributed by atoms with Crippen molar-refractivity contribution in [2.24, 2.45) is 5.73 Å². The van der Waals surface area contributed by atoms with Gasteiger partial charge in [-0.1, -0.05) is 6.07 Å². The first-order chi connectivity index (χ1) is 8.54. The predicted octanol–water partition coefficient (Wildman–Crippen LogP) is 1.50. The summed E-state index contributed by atoms with van der Waals surface area (Å²) in [5, 5.41) is 12.9. The smallest absolute Gasteiger partial charge is 0.235 e. The number of carbonyl (C=O) groups excluding carboxylic acids is 1. The largest absolute Gasteiger partial charge is 0.507 e. The van der Waals surface area contributed by atoms with Crippen LogP contribution in [-0.2, 0) is 17.8 Å². The summed E-state index contributed by atoms with van der Waals surface area (Å²) in [5.74, 6) is -0.113. The summed E-state index contributed by atoms with van der Waals surface area (Å²) in [4.78, 5) is 11.1. The number of nitrogens with one attached hydrogen (secondary N) is 1. The Balaban J connectivity index is 2.30. The lowest BCUT2D eigenvalue weighted by molar-refractivity contribution is -0.118. The van der Waals surface area contributed by atoms with Gasteiger partial charge in [-0.3, -0.25) is 4.79 Å². The maximum absolute atomic E-state index is 11.1. The molecule has 4 N–H and O–H groups in total. The maximum atomic E-state index is 11.1. The molecule has 2 rings (SSSR count). The third kappa shape index (κ3) is 2.31. The molecule has 1 atom stereocenters. The normalized spacial score (nSPS) is 17.6. The van der Waals surface area contributed by atoms with Crippen molar-refractivity contribution in [2.45, 2.75) is 32.4 Å². The molecule has 1 amide bonds. The van der Waals surface area contributed by atoms with Gasteiger partial charge in [0, 0.05) is 23.7 Å². The van der Waals surface area contributed by atoms with E-state index in [0.717, 1.165) is 29.5 Å². The zero-order chi connectivity index (χ0) is 13.3. The molecule has 4 nitrogen and oxygen atoms in total.